The molecule has 18 heavy (non-hydrogen) atoms. The third-order valence-corrected chi connectivity index (χ3v) is 5.13. The van der Waals surface area contributed by atoms with Gasteiger partial charge in [0.25, 0.3) is 0 Å². The van der Waals surface area contributed by atoms with Crippen molar-refractivity contribution in [1.82, 2.24) is 0 Å². The van der Waals surface area contributed by atoms with Gasteiger partial charge in [-0.15, -0.1) is 0 Å². The summed E-state index contributed by atoms with van der Waals surface area (Å²) in [6, 6.07) is 8.28. The van der Waals surface area contributed by atoms with Crippen molar-refractivity contribution < 1.29 is 9.47 Å². The maximum atomic E-state index is 6.18. The van der Waals surface area contributed by atoms with E-state index in [0.717, 1.165) is 31.0 Å². The number of hydrogen-bond acceptors (Lipinski definition) is 3. The van der Waals surface area contributed by atoms with E-state index in [9.17, 15) is 0 Å². The normalized spacial score (nSPS) is 31.7. The Hall–Kier alpha value is -0.670. The van der Waals surface area contributed by atoms with Crippen LogP contribution in [0.15, 0.2) is 24.3 Å². The summed E-state index contributed by atoms with van der Waals surface area (Å²) in [5.41, 5.74) is 1.33. The minimum atomic E-state index is 0.107. The summed E-state index contributed by atoms with van der Waals surface area (Å²) in [5, 5.41) is 0. The molecule has 2 atom stereocenters. The molecule has 0 saturated carbocycles. The number of thioether (sulfide) groups is 1. The average Bonchev–Trinajstić information content (AvgIpc) is 2.80. The monoisotopic (exact) mass is 264 g/mol. The second kappa shape index (κ2) is 5.14. The van der Waals surface area contributed by atoms with E-state index in [-0.39, 0.29) is 5.60 Å². The summed E-state index contributed by atoms with van der Waals surface area (Å²) in [6.45, 7) is 2.95. The van der Waals surface area contributed by atoms with Crippen molar-refractivity contribution in [3.8, 4) is 5.75 Å². The molecule has 1 aromatic rings. The fourth-order valence-electron chi connectivity index (χ4n) is 2.81. The van der Waals surface area contributed by atoms with E-state index in [0.29, 0.717) is 6.10 Å². The Balaban J connectivity index is 1.68. The Morgan fingerprint density at radius 1 is 1.39 bits per heavy atom. The zero-order chi connectivity index (χ0) is 12.4. The quantitative estimate of drug-likeness (QED) is 0.815. The standard InChI is InChI=1S/C15H20O2S/c1-12-4-2-3-5-14(12)17-13-6-8-16-15(10-13)7-9-18-11-15/h2-5,13H,6-11H2,1H3. The van der Waals surface area contributed by atoms with Gasteiger partial charge in [0, 0.05) is 18.6 Å². The number of para-hydroxylation sites is 1. The molecule has 3 heteroatoms. The molecule has 1 aromatic carbocycles. The zero-order valence-electron chi connectivity index (χ0n) is 10.9. The largest absolute Gasteiger partial charge is 0.490 e. The van der Waals surface area contributed by atoms with E-state index in [1.54, 1.807) is 0 Å². The van der Waals surface area contributed by atoms with Crippen LogP contribution in [0.25, 0.3) is 0 Å². The molecular formula is C15H20O2S. The summed E-state index contributed by atoms with van der Waals surface area (Å²) in [5.74, 6) is 3.41. The molecule has 0 radical (unpaired) electrons. The van der Waals surface area contributed by atoms with Crippen LogP contribution in [0.5, 0.6) is 5.75 Å². The first-order chi connectivity index (χ1) is 8.77. The minimum absolute atomic E-state index is 0.107. The van der Waals surface area contributed by atoms with Crippen molar-refractivity contribution in [3.63, 3.8) is 0 Å². The Morgan fingerprint density at radius 2 is 2.28 bits per heavy atom. The smallest absolute Gasteiger partial charge is 0.122 e. The molecule has 0 aromatic heterocycles. The first-order valence-corrected chi connectivity index (χ1v) is 7.87. The number of aryl methyl sites for hydroxylation is 1. The van der Waals surface area contributed by atoms with Crippen LogP contribution in [0.3, 0.4) is 0 Å². The van der Waals surface area contributed by atoms with Crippen molar-refractivity contribution in [2.75, 3.05) is 18.1 Å². The van der Waals surface area contributed by atoms with Gasteiger partial charge < -0.3 is 9.47 Å². The molecule has 2 fully saturated rings. The van der Waals surface area contributed by atoms with Gasteiger partial charge in [0.15, 0.2) is 0 Å². The molecule has 2 aliphatic rings. The van der Waals surface area contributed by atoms with E-state index in [4.69, 9.17) is 9.47 Å². The number of benzene rings is 1. The first kappa shape index (κ1) is 12.4. The van der Waals surface area contributed by atoms with Crippen molar-refractivity contribution in [2.24, 2.45) is 0 Å². The van der Waals surface area contributed by atoms with Crippen LogP contribution in [0.2, 0.25) is 0 Å². The molecule has 2 saturated heterocycles. The molecule has 1 spiro atoms. The molecule has 0 amide bonds. The van der Waals surface area contributed by atoms with Gasteiger partial charge in [0.1, 0.15) is 11.9 Å². The summed E-state index contributed by atoms with van der Waals surface area (Å²) in [6.07, 6.45) is 3.57. The molecule has 0 aliphatic carbocycles. The maximum absolute atomic E-state index is 6.18. The fraction of sp³-hybridized carbons (Fsp3) is 0.600. The van der Waals surface area contributed by atoms with Gasteiger partial charge in [-0.2, -0.15) is 11.8 Å². The lowest BCUT2D eigenvalue weighted by Crippen LogP contribution is -2.43. The van der Waals surface area contributed by atoms with Gasteiger partial charge in [-0.25, -0.2) is 0 Å². The van der Waals surface area contributed by atoms with Gasteiger partial charge >= 0.3 is 0 Å². The highest BCUT2D eigenvalue weighted by Gasteiger charge is 2.41. The molecule has 3 rings (SSSR count). The lowest BCUT2D eigenvalue weighted by atomic mass is 9.91. The summed E-state index contributed by atoms with van der Waals surface area (Å²) in [4.78, 5) is 0. The van der Waals surface area contributed by atoms with Crippen LogP contribution in [0, 0.1) is 6.92 Å². The lowest BCUT2D eigenvalue weighted by Gasteiger charge is -2.37. The number of ether oxygens (including phenoxy) is 2. The highest BCUT2D eigenvalue weighted by molar-refractivity contribution is 7.99. The van der Waals surface area contributed by atoms with Gasteiger partial charge in [-0.1, -0.05) is 18.2 Å². The van der Waals surface area contributed by atoms with Crippen LogP contribution >= 0.6 is 11.8 Å². The van der Waals surface area contributed by atoms with Gasteiger partial charge in [-0.3, -0.25) is 0 Å². The molecule has 98 valence electrons. The van der Waals surface area contributed by atoms with Crippen molar-refractivity contribution in [3.05, 3.63) is 29.8 Å². The van der Waals surface area contributed by atoms with E-state index in [2.05, 4.69) is 25.1 Å². The zero-order valence-corrected chi connectivity index (χ0v) is 11.7. The van der Waals surface area contributed by atoms with Crippen LogP contribution < -0.4 is 4.74 Å². The molecule has 2 heterocycles. The van der Waals surface area contributed by atoms with Crippen LogP contribution in [0.1, 0.15) is 24.8 Å². The SMILES string of the molecule is Cc1ccccc1OC1CCOC2(CCSC2)C1. The second-order valence-electron chi connectivity index (χ2n) is 5.33. The van der Waals surface area contributed by atoms with Crippen molar-refractivity contribution >= 4 is 11.8 Å². The third kappa shape index (κ3) is 2.52. The Morgan fingerprint density at radius 3 is 3.06 bits per heavy atom. The molecule has 0 N–H and O–H groups in total. The molecule has 2 unspecified atom stereocenters. The average molecular weight is 264 g/mol. The second-order valence-corrected chi connectivity index (χ2v) is 6.44. The summed E-state index contributed by atoms with van der Waals surface area (Å²) >= 11 is 2.01. The van der Waals surface area contributed by atoms with E-state index in [1.165, 1.54) is 17.7 Å². The van der Waals surface area contributed by atoms with Gasteiger partial charge in [0.05, 0.1) is 12.2 Å². The van der Waals surface area contributed by atoms with Gasteiger partial charge in [-0.05, 0) is 30.7 Å². The number of hydrogen-bond donors (Lipinski definition) is 0. The van der Waals surface area contributed by atoms with Crippen LogP contribution in [0.4, 0.5) is 0 Å². The Labute approximate surface area is 113 Å². The maximum Gasteiger partial charge on any atom is 0.122 e. The summed E-state index contributed by atoms with van der Waals surface area (Å²) in [7, 11) is 0. The van der Waals surface area contributed by atoms with E-state index in [1.807, 2.05) is 17.8 Å². The fourth-order valence-corrected chi connectivity index (χ4v) is 4.19. The topological polar surface area (TPSA) is 18.5 Å². The highest BCUT2D eigenvalue weighted by Crippen LogP contribution is 2.39. The minimum Gasteiger partial charge on any atom is -0.490 e. The Kier molecular flexibility index (Phi) is 3.53. The predicted molar refractivity (Wildman–Crippen MR) is 75.5 cm³/mol. The number of rotatable bonds is 2. The molecule has 2 aliphatic heterocycles. The molecule has 2 nitrogen and oxygen atoms in total. The van der Waals surface area contributed by atoms with E-state index < -0.39 is 0 Å². The molecule has 0 bridgehead atoms. The third-order valence-electron chi connectivity index (χ3n) is 3.90. The van der Waals surface area contributed by atoms with Crippen molar-refractivity contribution in [1.29, 1.82) is 0 Å². The van der Waals surface area contributed by atoms with Crippen molar-refractivity contribution in [2.45, 2.75) is 37.9 Å². The lowest BCUT2D eigenvalue weighted by molar-refractivity contribution is -0.0959. The van der Waals surface area contributed by atoms with Crippen LogP contribution in [-0.4, -0.2) is 29.8 Å². The van der Waals surface area contributed by atoms with Crippen LogP contribution in [-0.2, 0) is 4.74 Å². The predicted octanol–water partition coefficient (Wildman–Crippen LogP) is 3.43. The first-order valence-electron chi connectivity index (χ1n) is 6.71. The molecular weight excluding hydrogens is 244 g/mol. The van der Waals surface area contributed by atoms with Gasteiger partial charge in [0.2, 0.25) is 0 Å². The highest BCUT2D eigenvalue weighted by atomic mass is 32.2. The van der Waals surface area contributed by atoms with E-state index >= 15 is 0 Å². The Bertz CT molecular complexity index is 413. The summed E-state index contributed by atoms with van der Waals surface area (Å²) < 4.78 is 12.2.